The molecular formula is C20H23FN6O3S. The first kappa shape index (κ1) is 21.0. The number of anilines is 2. The van der Waals surface area contributed by atoms with Crippen LogP contribution in [-0.2, 0) is 10.0 Å². The molecule has 2 aromatic heterocycles. The summed E-state index contributed by atoms with van der Waals surface area (Å²) in [4.78, 5) is 7.06. The van der Waals surface area contributed by atoms with Crippen LogP contribution in [0.1, 0.15) is 42.7 Å². The van der Waals surface area contributed by atoms with Crippen molar-refractivity contribution in [2.45, 2.75) is 49.5 Å². The second kappa shape index (κ2) is 8.50. The SMILES string of the molecule is Cc1cc(S(=O)(=O)Nc2ccncn2)c(F)cc1O[C@H]1CCCC[C@@H]1c1c[nH]nc1N. The van der Waals surface area contributed by atoms with Crippen LogP contribution in [-0.4, -0.2) is 34.7 Å². The lowest BCUT2D eigenvalue weighted by Gasteiger charge is -2.32. The number of nitrogens with two attached hydrogens (primary N) is 1. The first-order valence-electron chi connectivity index (χ1n) is 9.90. The zero-order valence-electron chi connectivity index (χ0n) is 16.9. The molecule has 164 valence electrons. The van der Waals surface area contributed by atoms with Gasteiger partial charge in [-0.1, -0.05) is 6.42 Å². The Hall–Kier alpha value is -3.21. The van der Waals surface area contributed by atoms with Crippen molar-refractivity contribution in [2.75, 3.05) is 10.5 Å². The molecule has 1 saturated carbocycles. The van der Waals surface area contributed by atoms with Crippen LogP contribution in [0.25, 0.3) is 0 Å². The maximum atomic E-state index is 14.9. The third-order valence-corrected chi connectivity index (χ3v) is 6.79. The Labute approximate surface area is 179 Å². The van der Waals surface area contributed by atoms with Gasteiger partial charge in [-0.3, -0.25) is 9.82 Å². The van der Waals surface area contributed by atoms with E-state index in [0.717, 1.165) is 37.3 Å². The van der Waals surface area contributed by atoms with Crippen LogP contribution in [0.15, 0.2) is 41.8 Å². The minimum absolute atomic E-state index is 0.0257. The van der Waals surface area contributed by atoms with Crippen molar-refractivity contribution in [1.82, 2.24) is 20.2 Å². The molecule has 0 bridgehead atoms. The molecule has 0 amide bonds. The zero-order valence-corrected chi connectivity index (χ0v) is 17.7. The third kappa shape index (κ3) is 4.46. The van der Waals surface area contributed by atoms with Crippen molar-refractivity contribution < 1.29 is 17.5 Å². The molecule has 0 spiro atoms. The van der Waals surface area contributed by atoms with Crippen molar-refractivity contribution in [2.24, 2.45) is 0 Å². The number of hydrogen-bond acceptors (Lipinski definition) is 7. The maximum Gasteiger partial charge on any atom is 0.265 e. The van der Waals surface area contributed by atoms with E-state index in [1.807, 2.05) is 0 Å². The van der Waals surface area contributed by atoms with E-state index >= 15 is 0 Å². The summed E-state index contributed by atoms with van der Waals surface area (Å²) in [5.74, 6) is -0.0941. The van der Waals surface area contributed by atoms with Gasteiger partial charge in [-0.2, -0.15) is 5.10 Å². The normalized spacial score (nSPS) is 19.2. The average molecular weight is 447 g/mol. The van der Waals surface area contributed by atoms with Crippen molar-refractivity contribution in [1.29, 1.82) is 0 Å². The molecule has 0 saturated heterocycles. The second-order valence-electron chi connectivity index (χ2n) is 7.52. The maximum absolute atomic E-state index is 14.9. The largest absolute Gasteiger partial charge is 0.489 e. The summed E-state index contributed by atoms with van der Waals surface area (Å²) >= 11 is 0. The Kier molecular flexibility index (Phi) is 5.77. The Morgan fingerprint density at radius 3 is 2.81 bits per heavy atom. The summed E-state index contributed by atoms with van der Waals surface area (Å²) < 4.78 is 48.6. The lowest BCUT2D eigenvalue weighted by molar-refractivity contribution is 0.129. The number of ether oxygens (including phenoxy) is 1. The lowest BCUT2D eigenvalue weighted by Crippen LogP contribution is -2.29. The topological polar surface area (TPSA) is 136 Å². The highest BCUT2D eigenvalue weighted by Crippen LogP contribution is 2.38. The van der Waals surface area contributed by atoms with Gasteiger partial charge >= 0.3 is 0 Å². The molecule has 1 aliphatic carbocycles. The number of nitrogen functional groups attached to an aromatic ring is 1. The van der Waals surface area contributed by atoms with E-state index in [1.54, 1.807) is 13.1 Å². The van der Waals surface area contributed by atoms with Crippen LogP contribution in [0.4, 0.5) is 16.0 Å². The van der Waals surface area contributed by atoms with Gasteiger partial charge in [-0.15, -0.1) is 0 Å². The summed E-state index contributed by atoms with van der Waals surface area (Å²) in [6.07, 6.45) is 7.82. The number of benzene rings is 1. The third-order valence-electron chi connectivity index (χ3n) is 5.42. The molecule has 0 unspecified atom stereocenters. The minimum atomic E-state index is -4.17. The fraction of sp³-hybridized carbons (Fsp3) is 0.350. The van der Waals surface area contributed by atoms with Crippen molar-refractivity contribution in [3.8, 4) is 5.75 Å². The molecule has 31 heavy (non-hydrogen) atoms. The Balaban J connectivity index is 1.59. The van der Waals surface area contributed by atoms with Crippen LogP contribution < -0.4 is 15.2 Å². The van der Waals surface area contributed by atoms with Gasteiger partial charge in [0, 0.05) is 29.9 Å². The van der Waals surface area contributed by atoms with Crippen LogP contribution >= 0.6 is 0 Å². The van der Waals surface area contributed by atoms with Gasteiger partial charge in [0.1, 0.15) is 40.5 Å². The standard InChI is InChI=1S/C20H23FN6O3S/c1-12-8-18(31(28,29)27-19-6-7-23-11-24-19)15(21)9-17(12)30-16-5-3-2-4-13(16)14-10-25-26-20(14)22/h6-11,13,16H,2-5H2,1H3,(H3,22,25,26)(H,23,24,27)/t13-,16+/m1/s1. The lowest BCUT2D eigenvalue weighted by atomic mass is 9.82. The van der Waals surface area contributed by atoms with Crippen LogP contribution in [0.3, 0.4) is 0 Å². The van der Waals surface area contributed by atoms with E-state index in [4.69, 9.17) is 10.5 Å². The fourth-order valence-corrected chi connectivity index (χ4v) is 5.03. The quantitative estimate of drug-likeness (QED) is 0.529. The highest BCUT2D eigenvalue weighted by molar-refractivity contribution is 7.92. The molecule has 1 fully saturated rings. The van der Waals surface area contributed by atoms with Crippen LogP contribution in [0.5, 0.6) is 5.75 Å². The predicted octanol–water partition coefficient (Wildman–Crippen LogP) is 3.14. The molecule has 9 nitrogen and oxygen atoms in total. The van der Waals surface area contributed by atoms with Crippen molar-refractivity contribution in [3.05, 3.63) is 53.9 Å². The Bertz CT molecular complexity index is 1170. The smallest absolute Gasteiger partial charge is 0.265 e. The molecule has 4 N–H and O–H groups in total. The number of hydrogen-bond donors (Lipinski definition) is 3. The van der Waals surface area contributed by atoms with E-state index < -0.39 is 20.7 Å². The molecule has 11 heteroatoms. The number of halogens is 1. The van der Waals surface area contributed by atoms with Crippen LogP contribution in [0, 0.1) is 12.7 Å². The monoisotopic (exact) mass is 446 g/mol. The molecule has 0 radical (unpaired) electrons. The van der Waals surface area contributed by atoms with Gasteiger partial charge in [0.15, 0.2) is 0 Å². The Morgan fingerprint density at radius 2 is 2.10 bits per heavy atom. The molecular weight excluding hydrogens is 423 g/mol. The second-order valence-corrected chi connectivity index (χ2v) is 9.17. The first-order chi connectivity index (χ1) is 14.8. The van der Waals surface area contributed by atoms with Crippen molar-refractivity contribution in [3.63, 3.8) is 0 Å². The van der Waals surface area contributed by atoms with Gasteiger partial charge < -0.3 is 10.5 Å². The number of rotatable bonds is 6. The molecule has 1 aliphatic rings. The summed E-state index contributed by atoms with van der Waals surface area (Å²) in [6.45, 7) is 1.68. The summed E-state index contributed by atoms with van der Waals surface area (Å²) in [5, 5.41) is 6.76. The van der Waals surface area contributed by atoms with Gasteiger partial charge in [0.25, 0.3) is 10.0 Å². The van der Waals surface area contributed by atoms with Gasteiger partial charge in [-0.05, 0) is 43.9 Å². The van der Waals surface area contributed by atoms with E-state index in [2.05, 4.69) is 24.9 Å². The number of sulfonamides is 1. The fourth-order valence-electron chi connectivity index (χ4n) is 3.88. The highest BCUT2D eigenvalue weighted by atomic mass is 32.2. The molecule has 4 rings (SSSR count). The number of aromatic nitrogens is 4. The number of aryl methyl sites for hydroxylation is 1. The zero-order chi connectivity index (χ0) is 22.0. The first-order valence-corrected chi connectivity index (χ1v) is 11.4. The van der Waals surface area contributed by atoms with Gasteiger partial charge in [-0.25, -0.2) is 22.8 Å². The summed E-state index contributed by atoms with van der Waals surface area (Å²) in [7, 11) is -4.17. The highest BCUT2D eigenvalue weighted by Gasteiger charge is 2.31. The number of aromatic amines is 1. The predicted molar refractivity (Wildman–Crippen MR) is 113 cm³/mol. The summed E-state index contributed by atoms with van der Waals surface area (Å²) in [6, 6.07) is 3.76. The molecule has 2 heterocycles. The van der Waals surface area contributed by atoms with E-state index in [1.165, 1.54) is 24.7 Å². The molecule has 3 aromatic rings. The molecule has 0 aliphatic heterocycles. The number of H-pyrrole nitrogens is 1. The average Bonchev–Trinajstić information content (AvgIpc) is 3.17. The van der Waals surface area contributed by atoms with Gasteiger partial charge in [0.05, 0.1) is 0 Å². The van der Waals surface area contributed by atoms with E-state index in [-0.39, 0.29) is 17.8 Å². The molecule has 2 atom stereocenters. The Morgan fingerprint density at radius 1 is 1.29 bits per heavy atom. The minimum Gasteiger partial charge on any atom is -0.489 e. The number of nitrogens with zero attached hydrogens (tertiary/aromatic N) is 3. The van der Waals surface area contributed by atoms with E-state index in [0.29, 0.717) is 17.1 Å². The number of nitrogens with one attached hydrogen (secondary N) is 2. The van der Waals surface area contributed by atoms with Gasteiger partial charge in [0.2, 0.25) is 0 Å². The van der Waals surface area contributed by atoms with E-state index in [9.17, 15) is 12.8 Å². The van der Waals surface area contributed by atoms with Crippen molar-refractivity contribution >= 4 is 21.7 Å². The molecule has 1 aromatic carbocycles. The van der Waals surface area contributed by atoms with Crippen LogP contribution in [0.2, 0.25) is 0 Å². The summed E-state index contributed by atoms with van der Waals surface area (Å²) in [5.41, 5.74) is 7.37.